The molecule has 1 N–H and O–H groups in total. The van der Waals surface area contributed by atoms with Gasteiger partial charge in [0, 0.05) is 0 Å². The molecule has 3 heteroatoms. The minimum atomic E-state index is 0.148. The highest BCUT2D eigenvalue weighted by atomic mass is 32.1. The minimum absolute atomic E-state index is 0.148. The second-order valence-corrected chi connectivity index (χ2v) is 5.71. The van der Waals surface area contributed by atoms with E-state index in [2.05, 4.69) is 5.48 Å². The van der Waals surface area contributed by atoms with Gasteiger partial charge in [0.1, 0.15) is 0 Å². The molecular formula is C11H13NOS. The first-order valence-corrected chi connectivity index (χ1v) is 5.88. The first-order chi connectivity index (χ1) is 6.78. The molecule has 14 heavy (non-hydrogen) atoms. The van der Waals surface area contributed by atoms with E-state index in [1.807, 2.05) is 0 Å². The summed E-state index contributed by atoms with van der Waals surface area (Å²) in [6.07, 6.45) is 6.52. The normalized spacial score (nSPS) is 47.9. The van der Waals surface area contributed by atoms with Gasteiger partial charge in [-0.2, -0.15) is 0 Å². The van der Waals surface area contributed by atoms with Crippen LogP contribution in [0, 0.1) is 17.3 Å². The van der Waals surface area contributed by atoms with Crippen molar-refractivity contribution < 1.29 is 4.84 Å². The maximum atomic E-state index is 5.40. The van der Waals surface area contributed by atoms with Crippen molar-refractivity contribution in [1.82, 2.24) is 5.48 Å². The molecule has 3 fully saturated rings. The lowest BCUT2D eigenvalue weighted by Gasteiger charge is -2.50. The molecule has 2 nitrogen and oxygen atoms in total. The molecule has 0 aromatic rings. The van der Waals surface area contributed by atoms with E-state index in [1.54, 1.807) is 5.57 Å². The summed E-state index contributed by atoms with van der Waals surface area (Å²) >= 11 is 5.37. The summed E-state index contributed by atoms with van der Waals surface area (Å²) in [5.41, 5.74) is 6.20. The van der Waals surface area contributed by atoms with Crippen molar-refractivity contribution in [2.24, 2.45) is 17.3 Å². The number of nitrogens with one attached hydrogen (secondary N) is 1. The predicted molar refractivity (Wildman–Crippen MR) is 56.3 cm³/mol. The topological polar surface area (TPSA) is 21.3 Å². The first-order valence-electron chi connectivity index (χ1n) is 5.48. The van der Waals surface area contributed by atoms with E-state index in [0.717, 1.165) is 16.9 Å². The Balaban J connectivity index is 1.97. The number of allylic oxidation sites excluding steroid dienone is 1. The zero-order valence-electron chi connectivity index (χ0n) is 8.01. The van der Waals surface area contributed by atoms with Crippen LogP contribution in [0.5, 0.6) is 0 Å². The SMILES string of the molecule is S=C1ONC2=C3CC4CC(C3)CC12C4. The van der Waals surface area contributed by atoms with E-state index >= 15 is 0 Å². The largest absolute Gasteiger partial charge is 0.374 e. The van der Waals surface area contributed by atoms with E-state index < -0.39 is 0 Å². The van der Waals surface area contributed by atoms with Crippen LogP contribution < -0.4 is 5.48 Å². The van der Waals surface area contributed by atoms with Crippen molar-refractivity contribution >= 4 is 17.3 Å². The van der Waals surface area contributed by atoms with Crippen LogP contribution in [0.2, 0.25) is 0 Å². The van der Waals surface area contributed by atoms with Gasteiger partial charge in [-0.05, 0) is 61.7 Å². The number of thiocarbonyl (C=S) groups is 1. The van der Waals surface area contributed by atoms with Crippen LogP contribution in [-0.4, -0.2) is 5.05 Å². The third kappa shape index (κ3) is 0.691. The first kappa shape index (κ1) is 7.69. The van der Waals surface area contributed by atoms with Gasteiger partial charge in [0.25, 0.3) is 0 Å². The van der Waals surface area contributed by atoms with Crippen molar-refractivity contribution in [3.63, 3.8) is 0 Å². The highest BCUT2D eigenvalue weighted by molar-refractivity contribution is 7.80. The Kier molecular flexibility index (Phi) is 1.19. The van der Waals surface area contributed by atoms with E-state index in [4.69, 9.17) is 17.1 Å². The maximum absolute atomic E-state index is 5.40. The van der Waals surface area contributed by atoms with Crippen LogP contribution >= 0.6 is 12.2 Å². The van der Waals surface area contributed by atoms with Gasteiger partial charge in [-0.15, -0.1) is 0 Å². The summed E-state index contributed by atoms with van der Waals surface area (Å²) < 4.78 is 0. The summed E-state index contributed by atoms with van der Waals surface area (Å²) in [5.74, 6) is 1.78. The van der Waals surface area contributed by atoms with Gasteiger partial charge >= 0.3 is 0 Å². The van der Waals surface area contributed by atoms with Crippen molar-refractivity contribution in [3.8, 4) is 0 Å². The standard InChI is InChI=1S/C11H13NOS/c14-10-11-4-6-1-7(5-11)3-8(2-6)9(11)12-13-10/h6-7,12H,1-5H2. The Hall–Kier alpha value is -0.570. The lowest BCUT2D eigenvalue weighted by molar-refractivity contribution is 0.124. The molecule has 0 amide bonds. The molecule has 0 radical (unpaired) electrons. The van der Waals surface area contributed by atoms with Crippen LogP contribution in [0.3, 0.4) is 0 Å². The fourth-order valence-electron chi connectivity index (χ4n) is 4.18. The molecule has 0 aromatic carbocycles. The third-order valence-corrected chi connectivity index (χ3v) is 4.95. The molecule has 5 aliphatic rings. The Bertz CT molecular complexity index is 357. The average molecular weight is 207 g/mol. The molecule has 2 unspecified atom stereocenters. The van der Waals surface area contributed by atoms with Crippen LogP contribution in [0.15, 0.2) is 11.3 Å². The van der Waals surface area contributed by atoms with Crippen LogP contribution in [-0.2, 0) is 4.84 Å². The molecule has 1 heterocycles. The molecule has 1 saturated heterocycles. The zero-order chi connectivity index (χ0) is 9.34. The fourth-order valence-corrected chi connectivity index (χ4v) is 4.49. The molecule has 1 spiro atoms. The average Bonchev–Trinajstić information content (AvgIpc) is 2.43. The summed E-state index contributed by atoms with van der Waals surface area (Å²) in [6, 6.07) is 0. The Morgan fingerprint density at radius 2 is 2.00 bits per heavy atom. The molecule has 4 aliphatic carbocycles. The smallest absolute Gasteiger partial charge is 0.207 e. The minimum Gasteiger partial charge on any atom is -0.374 e. The second kappa shape index (κ2) is 2.16. The molecule has 0 aromatic heterocycles. The van der Waals surface area contributed by atoms with Crippen molar-refractivity contribution in [2.75, 3.05) is 0 Å². The molecular weight excluding hydrogens is 194 g/mol. The van der Waals surface area contributed by atoms with Crippen molar-refractivity contribution in [2.45, 2.75) is 32.1 Å². The molecule has 2 atom stereocenters. The van der Waals surface area contributed by atoms with E-state index in [9.17, 15) is 0 Å². The van der Waals surface area contributed by atoms with E-state index in [-0.39, 0.29) is 5.41 Å². The fraction of sp³-hybridized carbons (Fsp3) is 0.727. The predicted octanol–water partition coefficient (Wildman–Crippen LogP) is 2.31. The van der Waals surface area contributed by atoms with Gasteiger partial charge in [-0.1, -0.05) is 0 Å². The molecule has 2 saturated carbocycles. The Labute approximate surface area is 88.7 Å². The van der Waals surface area contributed by atoms with Crippen LogP contribution in [0.1, 0.15) is 32.1 Å². The van der Waals surface area contributed by atoms with Gasteiger partial charge in [0.05, 0.1) is 11.1 Å². The van der Waals surface area contributed by atoms with E-state index in [0.29, 0.717) is 0 Å². The van der Waals surface area contributed by atoms with Crippen LogP contribution in [0.4, 0.5) is 0 Å². The van der Waals surface area contributed by atoms with Crippen molar-refractivity contribution in [3.05, 3.63) is 11.3 Å². The summed E-state index contributed by atoms with van der Waals surface area (Å²) in [7, 11) is 0. The number of hydrogen-bond acceptors (Lipinski definition) is 3. The Morgan fingerprint density at radius 1 is 1.29 bits per heavy atom. The van der Waals surface area contributed by atoms with Gasteiger partial charge in [0.2, 0.25) is 5.05 Å². The molecule has 4 bridgehead atoms. The lowest BCUT2D eigenvalue weighted by Crippen LogP contribution is -2.45. The number of rotatable bonds is 0. The summed E-state index contributed by atoms with van der Waals surface area (Å²) in [4.78, 5) is 5.40. The van der Waals surface area contributed by atoms with Gasteiger partial charge in [-0.3, -0.25) is 0 Å². The Morgan fingerprint density at radius 3 is 2.71 bits per heavy atom. The number of hydrogen-bond donors (Lipinski definition) is 1. The third-order valence-electron chi connectivity index (χ3n) is 4.48. The van der Waals surface area contributed by atoms with Crippen molar-refractivity contribution in [1.29, 1.82) is 0 Å². The summed E-state index contributed by atoms with van der Waals surface area (Å²) in [5, 5.41) is 0.819. The molecule has 74 valence electrons. The highest BCUT2D eigenvalue weighted by Gasteiger charge is 2.57. The van der Waals surface area contributed by atoms with Crippen LogP contribution in [0.25, 0.3) is 0 Å². The van der Waals surface area contributed by atoms with Gasteiger partial charge in [0.15, 0.2) is 0 Å². The molecule has 5 rings (SSSR count). The summed E-state index contributed by atoms with van der Waals surface area (Å²) in [6.45, 7) is 0. The van der Waals surface area contributed by atoms with Gasteiger partial charge in [-0.25, -0.2) is 5.48 Å². The zero-order valence-corrected chi connectivity index (χ0v) is 8.82. The number of hydroxylamine groups is 1. The maximum Gasteiger partial charge on any atom is 0.207 e. The lowest BCUT2D eigenvalue weighted by atomic mass is 9.53. The quantitative estimate of drug-likeness (QED) is 0.616. The van der Waals surface area contributed by atoms with E-state index in [1.165, 1.54) is 37.8 Å². The highest BCUT2D eigenvalue weighted by Crippen LogP contribution is 2.61. The van der Waals surface area contributed by atoms with Gasteiger partial charge < -0.3 is 4.84 Å². The molecule has 1 aliphatic heterocycles. The second-order valence-electron chi connectivity index (χ2n) is 5.34. The monoisotopic (exact) mass is 207 g/mol.